The van der Waals surface area contributed by atoms with Gasteiger partial charge in [-0.05, 0) is 29.8 Å². The van der Waals surface area contributed by atoms with E-state index < -0.39 is 34.3 Å². The molecule has 0 heterocycles. The molecule has 0 bridgehead atoms. The fourth-order valence-corrected chi connectivity index (χ4v) is 3.38. The van der Waals surface area contributed by atoms with Crippen molar-refractivity contribution in [2.75, 3.05) is 17.1 Å². The number of carbonyl (C=O) groups is 1. The first-order valence-corrected chi connectivity index (χ1v) is 9.29. The number of carboxylic acid groups (broad SMARTS) is 1. The molecule has 10 heteroatoms. The standard InChI is InChI=1S/C16H13ClF3NO4S/c1-26(24,25)21(9-15(22)23)12-6-7-13(14(17)8-12)10-2-4-11(5-3-10)16(18,19)20/h2-8H,9H2,1H3,(H,22,23). The molecule has 0 aliphatic carbocycles. The molecule has 0 aromatic heterocycles. The third-order valence-corrected chi connectivity index (χ3v) is 4.90. The summed E-state index contributed by atoms with van der Waals surface area (Å²) in [4.78, 5) is 10.9. The van der Waals surface area contributed by atoms with E-state index in [4.69, 9.17) is 16.7 Å². The lowest BCUT2D eigenvalue weighted by Crippen LogP contribution is -2.34. The van der Waals surface area contributed by atoms with Crippen LogP contribution in [0.1, 0.15) is 5.56 Å². The molecule has 5 nitrogen and oxygen atoms in total. The third-order valence-electron chi connectivity index (χ3n) is 3.44. The smallest absolute Gasteiger partial charge is 0.416 e. The zero-order valence-electron chi connectivity index (χ0n) is 13.3. The molecule has 2 aromatic rings. The van der Waals surface area contributed by atoms with Crippen LogP contribution in [0.25, 0.3) is 11.1 Å². The molecule has 0 spiro atoms. The molecule has 0 amide bonds. The quantitative estimate of drug-likeness (QED) is 0.816. The average molecular weight is 408 g/mol. The number of sulfonamides is 1. The van der Waals surface area contributed by atoms with Crippen LogP contribution in [0.5, 0.6) is 0 Å². The van der Waals surface area contributed by atoms with Gasteiger partial charge in [0, 0.05) is 5.56 Å². The lowest BCUT2D eigenvalue weighted by Gasteiger charge is -2.21. The zero-order valence-corrected chi connectivity index (χ0v) is 14.9. The van der Waals surface area contributed by atoms with Gasteiger partial charge in [0.15, 0.2) is 0 Å². The van der Waals surface area contributed by atoms with Crippen molar-refractivity contribution in [1.82, 2.24) is 0 Å². The second kappa shape index (κ2) is 7.16. The Kier molecular flexibility index (Phi) is 5.52. The van der Waals surface area contributed by atoms with Crippen LogP contribution in [0.15, 0.2) is 42.5 Å². The maximum absolute atomic E-state index is 12.6. The number of benzene rings is 2. The number of alkyl halides is 3. The first kappa shape index (κ1) is 20.1. The van der Waals surface area contributed by atoms with Crippen LogP contribution in [0.3, 0.4) is 0 Å². The van der Waals surface area contributed by atoms with Gasteiger partial charge in [-0.1, -0.05) is 29.8 Å². The number of aliphatic carboxylic acids is 1. The first-order valence-electron chi connectivity index (χ1n) is 7.06. The van der Waals surface area contributed by atoms with Crippen molar-refractivity contribution in [3.05, 3.63) is 53.1 Å². The van der Waals surface area contributed by atoms with Crippen molar-refractivity contribution in [2.45, 2.75) is 6.18 Å². The van der Waals surface area contributed by atoms with E-state index in [2.05, 4.69) is 0 Å². The van der Waals surface area contributed by atoms with Crippen LogP contribution < -0.4 is 4.31 Å². The number of hydrogen-bond acceptors (Lipinski definition) is 3. The van der Waals surface area contributed by atoms with Gasteiger partial charge >= 0.3 is 12.1 Å². The van der Waals surface area contributed by atoms with Crippen LogP contribution in [0.2, 0.25) is 5.02 Å². The van der Waals surface area contributed by atoms with Crippen LogP contribution >= 0.6 is 11.6 Å². The predicted octanol–water partition coefficient (Wildman–Crippen LogP) is 3.88. The van der Waals surface area contributed by atoms with Gasteiger partial charge < -0.3 is 5.11 Å². The van der Waals surface area contributed by atoms with Crippen molar-refractivity contribution in [1.29, 1.82) is 0 Å². The Balaban J connectivity index is 2.42. The number of halogens is 4. The molecule has 0 saturated carbocycles. The highest BCUT2D eigenvalue weighted by molar-refractivity contribution is 7.92. The summed E-state index contributed by atoms with van der Waals surface area (Å²) in [6, 6.07) is 8.31. The third kappa shape index (κ3) is 4.67. The van der Waals surface area contributed by atoms with Gasteiger partial charge in [-0.15, -0.1) is 0 Å². The maximum atomic E-state index is 12.6. The van der Waals surface area contributed by atoms with Crippen molar-refractivity contribution >= 4 is 33.3 Å². The van der Waals surface area contributed by atoms with Gasteiger partial charge in [0.1, 0.15) is 6.54 Å². The largest absolute Gasteiger partial charge is 0.480 e. The van der Waals surface area contributed by atoms with E-state index in [1.54, 1.807) is 0 Å². The first-order chi connectivity index (χ1) is 11.9. The molecule has 0 unspecified atom stereocenters. The second-order valence-corrected chi connectivity index (χ2v) is 7.72. The van der Waals surface area contributed by atoms with Gasteiger partial charge in [0.2, 0.25) is 10.0 Å². The normalized spacial score (nSPS) is 12.0. The molecule has 1 N–H and O–H groups in total. The molecule has 2 rings (SSSR count). The Bertz CT molecular complexity index is 928. The van der Waals surface area contributed by atoms with E-state index in [0.717, 1.165) is 18.4 Å². The van der Waals surface area contributed by atoms with Crippen molar-refractivity contribution in [2.24, 2.45) is 0 Å². The summed E-state index contributed by atoms with van der Waals surface area (Å²) in [6.07, 6.45) is -3.60. The minimum absolute atomic E-state index is 0.0376. The summed E-state index contributed by atoms with van der Waals surface area (Å²) < 4.78 is 62.1. The minimum Gasteiger partial charge on any atom is -0.480 e. The Morgan fingerprint density at radius 2 is 1.73 bits per heavy atom. The van der Waals surface area contributed by atoms with Gasteiger partial charge in [0.25, 0.3) is 0 Å². The lowest BCUT2D eigenvalue weighted by molar-refractivity contribution is -0.137. The summed E-state index contributed by atoms with van der Waals surface area (Å²) in [5.41, 5.74) is 0.0147. The van der Waals surface area contributed by atoms with E-state index >= 15 is 0 Å². The van der Waals surface area contributed by atoms with Crippen LogP contribution in [-0.2, 0) is 21.0 Å². The molecule has 0 fully saturated rings. The van der Waals surface area contributed by atoms with E-state index in [-0.39, 0.29) is 10.7 Å². The monoisotopic (exact) mass is 407 g/mol. The van der Waals surface area contributed by atoms with Crippen molar-refractivity contribution in [3.63, 3.8) is 0 Å². The number of anilines is 1. The predicted molar refractivity (Wildman–Crippen MR) is 91.7 cm³/mol. The molecule has 0 atom stereocenters. The van der Waals surface area contributed by atoms with E-state index in [1.165, 1.54) is 30.3 Å². The Morgan fingerprint density at radius 1 is 1.15 bits per heavy atom. The topological polar surface area (TPSA) is 74.7 Å². The molecular weight excluding hydrogens is 395 g/mol. The molecule has 0 aliphatic rings. The van der Waals surface area contributed by atoms with Gasteiger partial charge in [0.05, 0.1) is 22.5 Å². The second-order valence-electron chi connectivity index (χ2n) is 5.40. The van der Waals surface area contributed by atoms with Gasteiger partial charge in [-0.25, -0.2) is 8.42 Å². The SMILES string of the molecule is CS(=O)(=O)N(CC(=O)O)c1ccc(-c2ccc(C(F)(F)F)cc2)c(Cl)c1. The fourth-order valence-electron chi connectivity index (χ4n) is 2.25. The lowest BCUT2D eigenvalue weighted by atomic mass is 10.0. The van der Waals surface area contributed by atoms with E-state index in [9.17, 15) is 26.4 Å². The summed E-state index contributed by atoms with van der Waals surface area (Å²) in [5.74, 6) is -1.35. The van der Waals surface area contributed by atoms with E-state index in [0.29, 0.717) is 15.4 Å². The highest BCUT2D eigenvalue weighted by atomic mass is 35.5. The van der Waals surface area contributed by atoms with Crippen molar-refractivity contribution in [3.8, 4) is 11.1 Å². The average Bonchev–Trinajstić information content (AvgIpc) is 2.50. The molecule has 0 saturated heterocycles. The summed E-state index contributed by atoms with van der Waals surface area (Å²) in [7, 11) is -3.86. The number of rotatable bonds is 5. The van der Waals surface area contributed by atoms with Gasteiger partial charge in [-0.2, -0.15) is 13.2 Å². The van der Waals surface area contributed by atoms with E-state index in [1.807, 2.05) is 0 Å². The molecule has 0 radical (unpaired) electrons. The summed E-state index contributed by atoms with van der Waals surface area (Å²) in [6.45, 7) is -0.783. The highest BCUT2D eigenvalue weighted by Gasteiger charge is 2.30. The van der Waals surface area contributed by atoms with Gasteiger partial charge in [-0.3, -0.25) is 9.10 Å². The molecule has 0 aliphatic heterocycles. The number of carboxylic acids is 1. The van der Waals surface area contributed by atoms with Crippen LogP contribution in [0.4, 0.5) is 18.9 Å². The highest BCUT2D eigenvalue weighted by Crippen LogP contribution is 2.35. The Labute approximate surface area is 152 Å². The Morgan fingerprint density at radius 3 is 2.15 bits per heavy atom. The van der Waals surface area contributed by atoms with Crippen LogP contribution in [0, 0.1) is 0 Å². The van der Waals surface area contributed by atoms with Crippen molar-refractivity contribution < 1.29 is 31.5 Å². The molecular formula is C16H13ClF3NO4S. The molecule has 2 aromatic carbocycles. The molecule has 26 heavy (non-hydrogen) atoms. The minimum atomic E-state index is -4.46. The maximum Gasteiger partial charge on any atom is 0.416 e. The number of hydrogen-bond donors (Lipinski definition) is 1. The number of nitrogens with zero attached hydrogens (tertiary/aromatic N) is 1. The zero-order chi connectivity index (χ0) is 19.7. The molecule has 140 valence electrons. The Hall–Kier alpha value is -2.26. The fraction of sp³-hybridized carbons (Fsp3) is 0.188. The van der Waals surface area contributed by atoms with Crippen LogP contribution in [-0.4, -0.2) is 32.3 Å². The summed E-state index contributed by atoms with van der Waals surface area (Å²) >= 11 is 6.13. The summed E-state index contributed by atoms with van der Waals surface area (Å²) in [5, 5.41) is 8.94.